The summed E-state index contributed by atoms with van der Waals surface area (Å²) >= 11 is 6.34. The highest BCUT2D eigenvalue weighted by atomic mass is 35.5. The maximum Gasteiger partial charge on any atom is 0.267 e. The molecular formula is C19H23ClFN3O4S. The van der Waals surface area contributed by atoms with E-state index in [1.54, 1.807) is 10.8 Å². The number of carbonyl (C=O) groups is 1. The largest absolute Gasteiger partial charge is 0.496 e. The molecule has 0 aliphatic rings. The van der Waals surface area contributed by atoms with Crippen LogP contribution in [0.4, 0.5) is 10.2 Å². The number of nitrogens with one attached hydrogen (secondary N) is 2. The minimum absolute atomic E-state index is 0.170. The second kappa shape index (κ2) is 9.41. The molecule has 0 unspecified atom stereocenters. The van der Waals surface area contributed by atoms with E-state index in [2.05, 4.69) is 24.1 Å². The first kappa shape index (κ1) is 22.9. The lowest BCUT2D eigenvalue weighted by molar-refractivity contribution is 0.0977. The Bertz CT molecular complexity index is 1010. The summed E-state index contributed by atoms with van der Waals surface area (Å²) in [6.07, 6.45) is 4.14. The number of halogens is 2. The Labute approximate surface area is 174 Å². The number of carbonyl (C=O) groups excluding carboxylic acids is 1. The van der Waals surface area contributed by atoms with Gasteiger partial charge in [0, 0.05) is 23.4 Å². The fraction of sp³-hybridized carbons (Fsp3) is 0.368. The average molecular weight is 444 g/mol. The van der Waals surface area contributed by atoms with Crippen molar-refractivity contribution in [3.8, 4) is 16.9 Å². The molecule has 2 N–H and O–H groups in total. The first-order valence-electron chi connectivity index (χ1n) is 8.91. The number of hydrogen-bond donors (Lipinski definition) is 2. The van der Waals surface area contributed by atoms with Gasteiger partial charge in [0.2, 0.25) is 10.0 Å². The lowest BCUT2D eigenvalue weighted by Gasteiger charge is -2.17. The molecular weight excluding hydrogens is 421 g/mol. The summed E-state index contributed by atoms with van der Waals surface area (Å²) in [4.78, 5) is 16.3. The first-order valence-corrected chi connectivity index (χ1v) is 11.2. The van der Waals surface area contributed by atoms with Crippen molar-refractivity contribution in [3.05, 3.63) is 40.8 Å². The van der Waals surface area contributed by atoms with Crippen LogP contribution in [-0.4, -0.2) is 38.7 Å². The van der Waals surface area contributed by atoms with E-state index in [0.717, 1.165) is 31.2 Å². The van der Waals surface area contributed by atoms with Crippen molar-refractivity contribution < 1.29 is 22.3 Å². The van der Waals surface area contributed by atoms with Crippen LogP contribution >= 0.6 is 11.6 Å². The van der Waals surface area contributed by atoms with E-state index in [1.165, 1.54) is 13.3 Å². The number of rotatable bonds is 8. The van der Waals surface area contributed by atoms with Crippen molar-refractivity contribution in [3.63, 3.8) is 0 Å². The van der Waals surface area contributed by atoms with Crippen molar-refractivity contribution in [2.24, 2.45) is 0 Å². The third-order valence-corrected chi connectivity index (χ3v) is 5.13. The Morgan fingerprint density at radius 2 is 1.93 bits per heavy atom. The SMILES string of the molecule is CCC(CC)Nc1ncc(-c2cc(F)c(C(=O)NS(C)(=O)=O)cc2OC)cc1Cl. The van der Waals surface area contributed by atoms with Crippen molar-refractivity contribution in [2.75, 3.05) is 18.7 Å². The van der Waals surface area contributed by atoms with Gasteiger partial charge in [0.1, 0.15) is 17.4 Å². The molecule has 0 aliphatic heterocycles. The van der Waals surface area contributed by atoms with Gasteiger partial charge >= 0.3 is 0 Å². The molecule has 1 aromatic carbocycles. The Hall–Kier alpha value is -2.39. The smallest absolute Gasteiger partial charge is 0.267 e. The molecule has 10 heteroatoms. The molecule has 158 valence electrons. The van der Waals surface area contributed by atoms with Crippen molar-refractivity contribution >= 4 is 33.3 Å². The van der Waals surface area contributed by atoms with Gasteiger partial charge < -0.3 is 10.1 Å². The van der Waals surface area contributed by atoms with Crippen LogP contribution in [0.15, 0.2) is 24.4 Å². The van der Waals surface area contributed by atoms with Crippen LogP contribution in [0.5, 0.6) is 5.75 Å². The van der Waals surface area contributed by atoms with Gasteiger partial charge in [0.25, 0.3) is 5.91 Å². The van der Waals surface area contributed by atoms with Gasteiger partial charge in [-0.05, 0) is 31.0 Å². The molecule has 0 saturated heterocycles. The van der Waals surface area contributed by atoms with Crippen LogP contribution in [0.3, 0.4) is 0 Å². The molecule has 7 nitrogen and oxygen atoms in total. The predicted molar refractivity (Wildman–Crippen MR) is 111 cm³/mol. The molecule has 0 atom stereocenters. The van der Waals surface area contributed by atoms with Gasteiger partial charge in [0.15, 0.2) is 0 Å². The number of anilines is 1. The number of benzene rings is 1. The summed E-state index contributed by atoms with van der Waals surface area (Å²) in [6, 6.07) is 4.06. The minimum Gasteiger partial charge on any atom is -0.496 e. The Kier molecular flexibility index (Phi) is 7.43. The number of aromatic nitrogens is 1. The summed E-state index contributed by atoms with van der Waals surface area (Å²) in [5.74, 6) is -1.30. The summed E-state index contributed by atoms with van der Waals surface area (Å²) in [5, 5.41) is 3.61. The molecule has 0 saturated carbocycles. The molecule has 0 radical (unpaired) electrons. The molecule has 1 amide bonds. The average Bonchev–Trinajstić information content (AvgIpc) is 2.65. The lowest BCUT2D eigenvalue weighted by Crippen LogP contribution is -2.30. The highest BCUT2D eigenvalue weighted by Gasteiger charge is 2.20. The van der Waals surface area contributed by atoms with E-state index in [0.29, 0.717) is 22.0 Å². The molecule has 0 fully saturated rings. The van der Waals surface area contributed by atoms with E-state index < -0.39 is 27.3 Å². The molecule has 0 bridgehead atoms. The highest BCUT2D eigenvalue weighted by molar-refractivity contribution is 7.89. The normalized spacial score (nSPS) is 11.4. The quantitative estimate of drug-likeness (QED) is 0.643. The van der Waals surface area contributed by atoms with Gasteiger partial charge in [-0.15, -0.1) is 0 Å². The van der Waals surface area contributed by atoms with Crippen LogP contribution in [0.25, 0.3) is 11.1 Å². The lowest BCUT2D eigenvalue weighted by atomic mass is 10.0. The Balaban J connectivity index is 2.43. The monoisotopic (exact) mass is 443 g/mol. The van der Waals surface area contributed by atoms with E-state index >= 15 is 0 Å². The van der Waals surface area contributed by atoms with E-state index in [1.807, 2.05) is 0 Å². The fourth-order valence-corrected chi connectivity index (χ4v) is 3.39. The van der Waals surface area contributed by atoms with Gasteiger partial charge in [0.05, 0.1) is 24.0 Å². The maximum atomic E-state index is 14.5. The van der Waals surface area contributed by atoms with Crippen LogP contribution in [0, 0.1) is 5.82 Å². The molecule has 1 heterocycles. The van der Waals surface area contributed by atoms with Crippen molar-refractivity contribution in [1.82, 2.24) is 9.71 Å². The zero-order chi connectivity index (χ0) is 21.8. The fourth-order valence-electron chi connectivity index (χ4n) is 2.72. The molecule has 0 spiro atoms. The zero-order valence-corrected chi connectivity index (χ0v) is 18.1. The topological polar surface area (TPSA) is 97.4 Å². The molecule has 2 aromatic rings. The number of methoxy groups -OCH3 is 1. The Morgan fingerprint density at radius 1 is 1.28 bits per heavy atom. The third-order valence-electron chi connectivity index (χ3n) is 4.29. The van der Waals surface area contributed by atoms with E-state index in [4.69, 9.17) is 16.3 Å². The zero-order valence-electron chi connectivity index (χ0n) is 16.5. The van der Waals surface area contributed by atoms with Crippen molar-refractivity contribution in [1.29, 1.82) is 0 Å². The summed E-state index contributed by atoms with van der Waals surface area (Å²) in [5.41, 5.74) is 0.349. The van der Waals surface area contributed by atoms with Crippen LogP contribution in [0.1, 0.15) is 37.0 Å². The minimum atomic E-state index is -3.84. The van der Waals surface area contributed by atoms with Gasteiger partial charge in [-0.25, -0.2) is 22.5 Å². The first-order chi connectivity index (χ1) is 13.6. The Morgan fingerprint density at radius 3 is 2.45 bits per heavy atom. The van der Waals surface area contributed by atoms with E-state index in [9.17, 15) is 17.6 Å². The highest BCUT2D eigenvalue weighted by Crippen LogP contribution is 2.35. The summed E-state index contributed by atoms with van der Waals surface area (Å²) < 4.78 is 44.0. The molecule has 1 aromatic heterocycles. The number of nitrogens with zero attached hydrogens (tertiary/aromatic N) is 1. The maximum absolute atomic E-state index is 14.5. The summed E-state index contributed by atoms with van der Waals surface area (Å²) in [6.45, 7) is 4.11. The van der Waals surface area contributed by atoms with E-state index in [-0.39, 0.29) is 11.8 Å². The third kappa shape index (κ3) is 5.80. The second-order valence-corrected chi connectivity index (χ2v) is 8.60. The molecule has 2 rings (SSSR count). The number of sulfonamides is 1. The number of ether oxygens (including phenoxy) is 1. The van der Waals surface area contributed by atoms with Gasteiger partial charge in [-0.3, -0.25) is 4.79 Å². The second-order valence-electron chi connectivity index (χ2n) is 6.45. The standard InChI is InChI=1S/C19H23ClFN3O4S/c1-5-12(6-2)23-18-15(20)7-11(10-22-18)13-8-16(21)14(9-17(13)28-3)19(25)24-29(4,26)27/h7-10,12H,5-6H2,1-4H3,(H,22,23)(H,24,25). The van der Waals surface area contributed by atoms with Crippen LogP contribution in [0.2, 0.25) is 5.02 Å². The number of pyridine rings is 1. The van der Waals surface area contributed by atoms with Crippen LogP contribution in [-0.2, 0) is 10.0 Å². The van der Waals surface area contributed by atoms with Gasteiger partial charge in [-0.1, -0.05) is 25.4 Å². The molecule has 29 heavy (non-hydrogen) atoms. The van der Waals surface area contributed by atoms with Crippen LogP contribution < -0.4 is 14.8 Å². The number of amides is 1. The van der Waals surface area contributed by atoms with Gasteiger partial charge in [-0.2, -0.15) is 0 Å². The number of hydrogen-bond acceptors (Lipinski definition) is 6. The van der Waals surface area contributed by atoms with Crippen molar-refractivity contribution in [2.45, 2.75) is 32.7 Å². The summed E-state index contributed by atoms with van der Waals surface area (Å²) in [7, 11) is -2.48. The molecule has 0 aliphatic carbocycles. The predicted octanol–water partition coefficient (Wildman–Crippen LogP) is 3.84.